The minimum Gasteiger partial charge on any atom is -0.457 e. The average Bonchev–Trinajstić information content (AvgIpc) is 3.43. The smallest absolute Gasteiger partial charge is 0.306 e. The van der Waals surface area contributed by atoms with E-state index in [1.165, 1.54) is 109 Å². The maximum Gasteiger partial charge on any atom is 0.306 e. The quantitative estimate of drug-likeness (QED) is 0.0172. The highest BCUT2D eigenvalue weighted by molar-refractivity contribution is 5.69. The van der Waals surface area contributed by atoms with E-state index in [4.69, 9.17) is 28.4 Å². The van der Waals surface area contributed by atoms with Gasteiger partial charge in [0.2, 0.25) is 0 Å². The first-order valence-electron chi connectivity index (χ1n) is 30.5. The fourth-order valence-corrected chi connectivity index (χ4v) is 9.31. The number of unbranched alkanes of at least 4 members (excludes halogenated alkanes) is 23. The number of rotatable bonds is 49. The average molecular weight is 1090 g/mol. The number of hydrogen-bond acceptors (Lipinski definition) is 14. The first-order valence-corrected chi connectivity index (χ1v) is 30.5. The molecular weight excluding hydrogens is 981 g/mol. The van der Waals surface area contributed by atoms with Crippen LogP contribution < -0.4 is 0 Å². The van der Waals surface area contributed by atoms with Gasteiger partial charge in [-0.3, -0.25) is 4.79 Å². The van der Waals surface area contributed by atoms with Gasteiger partial charge in [0.05, 0.1) is 26.4 Å². The lowest BCUT2D eigenvalue weighted by atomic mass is 9.98. The zero-order valence-electron chi connectivity index (χ0n) is 47.9. The molecule has 14 heteroatoms. The number of allylic oxidation sites excluding steroid dienone is 12. The van der Waals surface area contributed by atoms with Crippen LogP contribution in [-0.4, -0.2) is 142 Å². The van der Waals surface area contributed by atoms with E-state index in [1.807, 2.05) is 0 Å². The summed E-state index contributed by atoms with van der Waals surface area (Å²) >= 11 is 0. The van der Waals surface area contributed by atoms with Gasteiger partial charge in [-0.05, 0) is 83.5 Å². The third kappa shape index (κ3) is 35.7. The van der Waals surface area contributed by atoms with Crippen LogP contribution in [0.5, 0.6) is 0 Å². The fraction of sp³-hybridized carbons (Fsp3) is 0.794. The van der Waals surface area contributed by atoms with Crippen LogP contribution >= 0.6 is 0 Å². The second kappa shape index (κ2) is 49.3. The molecule has 0 amide bonds. The van der Waals surface area contributed by atoms with Gasteiger partial charge in [-0.2, -0.15) is 0 Å². The monoisotopic (exact) mass is 1090 g/mol. The van der Waals surface area contributed by atoms with Gasteiger partial charge in [0.25, 0.3) is 0 Å². The summed E-state index contributed by atoms with van der Waals surface area (Å²) in [6, 6.07) is 0. The number of aliphatic hydroxyl groups is 7. The Bertz CT molecular complexity index is 1550. The molecule has 2 aliphatic heterocycles. The molecule has 0 aromatic carbocycles. The minimum atomic E-state index is -1.71. The molecule has 2 saturated heterocycles. The summed E-state index contributed by atoms with van der Waals surface area (Å²) in [6.07, 6.45) is 46.7. The van der Waals surface area contributed by atoms with Crippen molar-refractivity contribution in [1.82, 2.24) is 0 Å². The lowest BCUT2D eigenvalue weighted by molar-refractivity contribution is -0.332. The molecule has 2 rings (SSSR count). The topological polar surface area (TPSA) is 214 Å². The Labute approximate surface area is 466 Å². The van der Waals surface area contributed by atoms with Crippen molar-refractivity contribution in [3.63, 3.8) is 0 Å². The standard InChI is InChI=1S/C63H110O14/c1-3-5-7-9-11-13-15-17-19-21-23-24-25-26-27-29-31-33-35-37-39-41-43-45-47-72-49-52(75-55(65)46-44-42-40-38-36-34-32-30-28-22-20-18-16-14-12-10-8-6-4-2)50-73-62-61(71)59(69)57(67)54(77-62)51-74-63-60(70)58(68)56(66)53(48-64)76-63/h5,7,11-14,17-20,23-24,52-54,56-64,66-71H,3-4,6,8-10,15-16,21-22,25-51H2,1-2H3/b7-5-,13-11-,14-12-,19-17-,20-18-,24-23-. The summed E-state index contributed by atoms with van der Waals surface area (Å²) in [4.78, 5) is 13.1. The van der Waals surface area contributed by atoms with E-state index in [2.05, 4.69) is 86.8 Å². The van der Waals surface area contributed by atoms with Crippen LogP contribution in [0.3, 0.4) is 0 Å². The zero-order valence-corrected chi connectivity index (χ0v) is 47.9. The van der Waals surface area contributed by atoms with Crippen LogP contribution in [-0.2, 0) is 33.2 Å². The number of carbonyl (C=O) groups excluding carboxylic acids is 1. The van der Waals surface area contributed by atoms with Crippen molar-refractivity contribution < 1.29 is 69.0 Å². The van der Waals surface area contributed by atoms with E-state index < -0.39 is 80.7 Å². The van der Waals surface area contributed by atoms with Crippen LogP contribution in [0, 0.1) is 0 Å². The van der Waals surface area contributed by atoms with Gasteiger partial charge >= 0.3 is 5.97 Å². The Morgan fingerprint density at radius 2 is 0.844 bits per heavy atom. The fourth-order valence-electron chi connectivity index (χ4n) is 9.31. The Morgan fingerprint density at radius 1 is 0.442 bits per heavy atom. The predicted octanol–water partition coefficient (Wildman–Crippen LogP) is 11.4. The van der Waals surface area contributed by atoms with Crippen LogP contribution in [0.15, 0.2) is 72.9 Å². The molecule has 2 heterocycles. The Morgan fingerprint density at radius 3 is 1.32 bits per heavy atom. The maximum absolute atomic E-state index is 13.1. The highest BCUT2D eigenvalue weighted by atomic mass is 16.7. The van der Waals surface area contributed by atoms with Crippen molar-refractivity contribution >= 4 is 5.97 Å². The summed E-state index contributed by atoms with van der Waals surface area (Å²) in [7, 11) is 0. The summed E-state index contributed by atoms with van der Waals surface area (Å²) in [5, 5.41) is 72.4. The SMILES string of the molecule is CC/C=C\C/C=C\C/C=C\C/C=C\CCCCCCCCCCCCCOCC(COC1OC(COC2OC(CO)C(O)C(O)C2O)C(O)C(O)C1O)OC(=O)CCCCCCCCCCC/C=C\C/C=C\CCCCC. The maximum atomic E-state index is 13.1. The Kier molecular flexibility index (Phi) is 45.1. The molecule has 77 heavy (non-hydrogen) atoms. The van der Waals surface area contributed by atoms with E-state index in [-0.39, 0.29) is 25.6 Å². The molecule has 0 saturated carbocycles. The number of hydrogen-bond donors (Lipinski definition) is 7. The second-order valence-corrected chi connectivity index (χ2v) is 21.1. The van der Waals surface area contributed by atoms with E-state index >= 15 is 0 Å². The van der Waals surface area contributed by atoms with E-state index in [0.717, 1.165) is 83.5 Å². The number of ether oxygens (including phenoxy) is 6. The van der Waals surface area contributed by atoms with Crippen LogP contribution in [0.4, 0.5) is 0 Å². The summed E-state index contributed by atoms with van der Waals surface area (Å²) in [5.41, 5.74) is 0. The number of esters is 1. The molecule has 0 spiro atoms. The van der Waals surface area contributed by atoms with Gasteiger partial charge in [-0.15, -0.1) is 0 Å². The van der Waals surface area contributed by atoms with Gasteiger partial charge in [0.15, 0.2) is 12.6 Å². The largest absolute Gasteiger partial charge is 0.457 e. The highest BCUT2D eigenvalue weighted by Crippen LogP contribution is 2.27. The van der Waals surface area contributed by atoms with Gasteiger partial charge in [0.1, 0.15) is 54.9 Å². The Balaban J connectivity index is 1.69. The van der Waals surface area contributed by atoms with Crippen LogP contribution in [0.1, 0.15) is 219 Å². The van der Waals surface area contributed by atoms with Crippen LogP contribution in [0.2, 0.25) is 0 Å². The molecule has 2 fully saturated rings. The molecule has 11 atom stereocenters. The van der Waals surface area contributed by atoms with E-state index in [9.17, 15) is 40.5 Å². The lowest BCUT2D eigenvalue weighted by Crippen LogP contribution is -2.61. The third-order valence-corrected chi connectivity index (χ3v) is 14.2. The van der Waals surface area contributed by atoms with Crippen molar-refractivity contribution in [1.29, 1.82) is 0 Å². The number of carbonyl (C=O) groups is 1. The molecule has 0 bridgehead atoms. The van der Waals surface area contributed by atoms with E-state index in [1.54, 1.807) is 0 Å². The van der Waals surface area contributed by atoms with Gasteiger partial charge < -0.3 is 64.2 Å². The lowest BCUT2D eigenvalue weighted by Gasteiger charge is -2.42. The molecule has 11 unspecified atom stereocenters. The second-order valence-electron chi connectivity index (χ2n) is 21.1. The first kappa shape index (κ1) is 70.5. The first-order chi connectivity index (χ1) is 37.6. The minimum absolute atomic E-state index is 0.0552. The normalized spacial score (nSPS) is 24.8. The van der Waals surface area contributed by atoms with Crippen molar-refractivity contribution in [2.45, 2.75) is 287 Å². The zero-order chi connectivity index (χ0) is 55.8. The molecule has 0 aromatic heterocycles. The molecule has 14 nitrogen and oxygen atoms in total. The summed E-state index contributed by atoms with van der Waals surface area (Å²) in [5.74, 6) is -0.382. The van der Waals surface area contributed by atoms with Crippen molar-refractivity contribution in [3.05, 3.63) is 72.9 Å². The predicted molar refractivity (Wildman–Crippen MR) is 307 cm³/mol. The van der Waals surface area contributed by atoms with Crippen molar-refractivity contribution in [2.24, 2.45) is 0 Å². The van der Waals surface area contributed by atoms with Crippen molar-refractivity contribution in [3.8, 4) is 0 Å². The third-order valence-electron chi connectivity index (χ3n) is 14.2. The summed E-state index contributed by atoms with van der Waals surface area (Å²) in [6.45, 7) is 3.55. The van der Waals surface area contributed by atoms with Crippen LogP contribution in [0.25, 0.3) is 0 Å². The van der Waals surface area contributed by atoms with Gasteiger partial charge in [-0.1, -0.05) is 202 Å². The molecule has 0 radical (unpaired) electrons. The Hall–Kier alpha value is -2.57. The summed E-state index contributed by atoms with van der Waals surface area (Å²) < 4.78 is 34.4. The molecule has 0 aliphatic carbocycles. The van der Waals surface area contributed by atoms with Gasteiger partial charge in [-0.25, -0.2) is 0 Å². The van der Waals surface area contributed by atoms with E-state index in [0.29, 0.717) is 13.0 Å². The van der Waals surface area contributed by atoms with Crippen molar-refractivity contribution in [2.75, 3.05) is 33.0 Å². The van der Waals surface area contributed by atoms with Gasteiger partial charge in [0, 0.05) is 13.0 Å². The molecule has 0 aromatic rings. The molecule has 446 valence electrons. The molecular formula is C63H110O14. The molecule has 2 aliphatic rings. The highest BCUT2D eigenvalue weighted by Gasteiger charge is 2.47. The number of aliphatic hydroxyl groups excluding tert-OH is 7. The molecule has 7 N–H and O–H groups in total.